The number of carbonyl (C=O) groups excluding carboxylic acids is 2. The van der Waals surface area contributed by atoms with Crippen LogP contribution in [0.1, 0.15) is 206 Å². The first kappa shape index (κ1) is 57.4. The number of carboxylic acid groups (broad SMARTS) is 1. The van der Waals surface area contributed by atoms with Crippen LogP contribution < -0.4 is 5.73 Å². The molecule has 3 atom stereocenters. The van der Waals surface area contributed by atoms with Gasteiger partial charge in [-0.1, -0.05) is 191 Å². The molecule has 0 radical (unpaired) electrons. The summed E-state index contributed by atoms with van der Waals surface area (Å²) in [7, 11) is -4.73. The van der Waals surface area contributed by atoms with Crippen LogP contribution in [-0.2, 0) is 37.5 Å². The molecule has 12 heteroatoms. The largest absolute Gasteiger partial charge is 0.480 e. The van der Waals surface area contributed by atoms with E-state index in [0.29, 0.717) is 12.8 Å². The molecular formula is C48H86NO10P. The fraction of sp³-hybridized carbons (Fsp3) is 0.771. The van der Waals surface area contributed by atoms with Crippen molar-refractivity contribution in [3.63, 3.8) is 0 Å². The quantitative estimate of drug-likeness (QED) is 0.0230. The molecule has 0 aromatic heterocycles. The summed E-state index contributed by atoms with van der Waals surface area (Å²) in [6.45, 7) is 2.73. The number of esters is 2. The Morgan fingerprint density at radius 2 is 0.917 bits per heavy atom. The molecule has 0 spiro atoms. The van der Waals surface area contributed by atoms with Gasteiger partial charge < -0.3 is 25.2 Å². The standard InChI is InChI=1S/C48H86NO10P/c1-3-5-7-9-11-13-15-17-19-21-22-24-26-28-30-32-34-36-38-40-47(51)59-44(42-57-60(54,55)58-43-45(49)48(52)53)41-56-46(50)39-37-35-33-31-29-27-25-23-20-18-16-14-12-10-8-6-4-2/h8,10,14,16,20,23,27,29,44-45H,3-7,9,11-13,15,17-19,21-22,24-26,28,30-43,49H2,1-2H3,(H,52,53)(H,54,55)/b10-8+,16-14+,23-20+,29-27+/t44-,45+/m1/s1. The summed E-state index contributed by atoms with van der Waals surface area (Å²) in [4.78, 5) is 46.1. The van der Waals surface area contributed by atoms with Gasteiger partial charge in [0.15, 0.2) is 6.10 Å². The summed E-state index contributed by atoms with van der Waals surface area (Å²) in [6, 6.07) is -1.53. The Hall–Kier alpha value is -2.56. The number of unbranched alkanes of at least 4 members (excludes halogenated alkanes) is 22. The van der Waals surface area contributed by atoms with Crippen LogP contribution in [0, 0.1) is 0 Å². The highest BCUT2D eigenvalue weighted by atomic mass is 31.2. The number of phosphoric ester groups is 1. The maximum Gasteiger partial charge on any atom is 0.472 e. The van der Waals surface area contributed by atoms with Crippen molar-refractivity contribution in [3.8, 4) is 0 Å². The number of hydrogen-bond donors (Lipinski definition) is 3. The monoisotopic (exact) mass is 868 g/mol. The molecule has 0 aliphatic rings. The van der Waals surface area contributed by atoms with E-state index in [2.05, 4.69) is 67.0 Å². The molecule has 0 heterocycles. The molecule has 0 rings (SSSR count). The average Bonchev–Trinajstić information content (AvgIpc) is 3.22. The van der Waals surface area contributed by atoms with Gasteiger partial charge in [0, 0.05) is 12.8 Å². The van der Waals surface area contributed by atoms with Gasteiger partial charge in [0.25, 0.3) is 0 Å². The van der Waals surface area contributed by atoms with Gasteiger partial charge in [-0.05, 0) is 51.4 Å². The number of allylic oxidation sites excluding steroid dienone is 8. The van der Waals surface area contributed by atoms with Gasteiger partial charge >= 0.3 is 25.7 Å². The zero-order chi connectivity index (χ0) is 44.2. The lowest BCUT2D eigenvalue weighted by molar-refractivity contribution is -0.161. The number of hydrogen-bond acceptors (Lipinski definition) is 9. The second-order valence-corrected chi connectivity index (χ2v) is 17.3. The van der Waals surface area contributed by atoms with E-state index in [1.54, 1.807) is 0 Å². The van der Waals surface area contributed by atoms with Crippen molar-refractivity contribution >= 4 is 25.7 Å². The Morgan fingerprint density at radius 3 is 1.38 bits per heavy atom. The Morgan fingerprint density at radius 1 is 0.517 bits per heavy atom. The molecular weight excluding hydrogens is 781 g/mol. The molecule has 0 aliphatic heterocycles. The summed E-state index contributed by atoms with van der Waals surface area (Å²) >= 11 is 0. The molecule has 0 bridgehead atoms. The number of rotatable bonds is 44. The Balaban J connectivity index is 4.34. The van der Waals surface area contributed by atoms with Gasteiger partial charge in [0.1, 0.15) is 12.6 Å². The Bertz CT molecular complexity index is 1200. The Labute approximate surface area is 365 Å². The van der Waals surface area contributed by atoms with Gasteiger partial charge in [0.2, 0.25) is 0 Å². The van der Waals surface area contributed by atoms with Crippen LogP contribution in [-0.4, -0.2) is 59.9 Å². The third-order valence-electron chi connectivity index (χ3n) is 10.1. The van der Waals surface area contributed by atoms with E-state index in [1.165, 1.54) is 103 Å². The topological polar surface area (TPSA) is 172 Å². The number of nitrogens with two attached hydrogens (primary N) is 1. The van der Waals surface area contributed by atoms with E-state index in [0.717, 1.165) is 64.2 Å². The fourth-order valence-corrected chi connectivity index (χ4v) is 7.13. The van der Waals surface area contributed by atoms with Crippen molar-refractivity contribution in [3.05, 3.63) is 48.6 Å². The smallest absolute Gasteiger partial charge is 0.472 e. The first-order valence-corrected chi connectivity index (χ1v) is 25.2. The van der Waals surface area contributed by atoms with Crippen LogP contribution in [0.15, 0.2) is 48.6 Å². The zero-order valence-corrected chi connectivity index (χ0v) is 38.7. The average molecular weight is 868 g/mol. The second-order valence-electron chi connectivity index (χ2n) is 15.9. The lowest BCUT2D eigenvalue weighted by Crippen LogP contribution is -2.34. The van der Waals surface area contributed by atoms with E-state index in [1.807, 2.05) is 0 Å². The maximum absolute atomic E-state index is 12.7. The first-order valence-electron chi connectivity index (χ1n) is 23.7. The maximum atomic E-state index is 12.7. The molecule has 0 aromatic carbocycles. The summed E-state index contributed by atoms with van der Waals surface area (Å²) in [6.07, 6.45) is 48.9. The van der Waals surface area contributed by atoms with Crippen LogP contribution in [0.5, 0.6) is 0 Å². The third kappa shape index (κ3) is 42.1. The molecule has 0 aromatic rings. The minimum Gasteiger partial charge on any atom is -0.480 e. The van der Waals surface area contributed by atoms with Crippen molar-refractivity contribution in [2.75, 3.05) is 19.8 Å². The molecule has 0 saturated carbocycles. The number of ether oxygens (including phenoxy) is 2. The molecule has 1 unspecified atom stereocenters. The highest BCUT2D eigenvalue weighted by Crippen LogP contribution is 2.43. The van der Waals surface area contributed by atoms with Crippen molar-refractivity contribution in [1.82, 2.24) is 0 Å². The van der Waals surface area contributed by atoms with Crippen molar-refractivity contribution in [2.24, 2.45) is 5.73 Å². The van der Waals surface area contributed by atoms with Gasteiger partial charge in [-0.15, -0.1) is 0 Å². The number of carbonyl (C=O) groups is 3. The number of aliphatic carboxylic acids is 1. The van der Waals surface area contributed by atoms with E-state index >= 15 is 0 Å². The summed E-state index contributed by atoms with van der Waals surface area (Å²) in [5.74, 6) is -2.41. The van der Waals surface area contributed by atoms with Crippen molar-refractivity contribution in [1.29, 1.82) is 0 Å². The van der Waals surface area contributed by atoms with E-state index in [-0.39, 0.29) is 19.4 Å². The van der Waals surface area contributed by atoms with E-state index in [9.17, 15) is 23.8 Å². The molecule has 0 fully saturated rings. The number of phosphoric acid groups is 1. The minimum absolute atomic E-state index is 0.156. The number of carboxylic acids is 1. The van der Waals surface area contributed by atoms with E-state index < -0.39 is 51.1 Å². The SMILES string of the molecule is CCC/C=C/C/C=C/C/C=C/C/C=C/CCCCCC(=O)OC[C@H](COP(=O)(O)OC[C@H](N)C(=O)O)OC(=O)CCCCCCCCCCCCCCCCCCCCC. The second kappa shape index (κ2) is 43.1. The van der Waals surface area contributed by atoms with Gasteiger partial charge in [-0.3, -0.25) is 23.4 Å². The zero-order valence-electron chi connectivity index (χ0n) is 37.8. The highest BCUT2D eigenvalue weighted by Gasteiger charge is 2.28. The summed E-state index contributed by atoms with van der Waals surface area (Å²) in [5.41, 5.74) is 5.34. The normalized spacial score (nSPS) is 14.1. The van der Waals surface area contributed by atoms with Gasteiger partial charge in [-0.2, -0.15) is 0 Å². The molecule has 60 heavy (non-hydrogen) atoms. The molecule has 0 saturated heterocycles. The third-order valence-corrected chi connectivity index (χ3v) is 11.0. The van der Waals surface area contributed by atoms with Crippen LogP contribution in [0.25, 0.3) is 0 Å². The molecule has 11 nitrogen and oxygen atoms in total. The van der Waals surface area contributed by atoms with Crippen LogP contribution in [0.2, 0.25) is 0 Å². The van der Waals surface area contributed by atoms with E-state index in [4.69, 9.17) is 24.8 Å². The highest BCUT2D eigenvalue weighted by molar-refractivity contribution is 7.47. The van der Waals surface area contributed by atoms with Gasteiger partial charge in [0.05, 0.1) is 13.2 Å². The van der Waals surface area contributed by atoms with Crippen molar-refractivity contribution < 1.29 is 47.5 Å². The van der Waals surface area contributed by atoms with Crippen LogP contribution in [0.3, 0.4) is 0 Å². The predicted octanol–water partition coefficient (Wildman–Crippen LogP) is 13.0. The molecule has 4 N–H and O–H groups in total. The van der Waals surface area contributed by atoms with Gasteiger partial charge in [-0.25, -0.2) is 4.57 Å². The minimum atomic E-state index is -4.73. The van der Waals surface area contributed by atoms with Crippen LogP contribution in [0.4, 0.5) is 0 Å². The predicted molar refractivity (Wildman–Crippen MR) is 245 cm³/mol. The molecule has 0 aliphatic carbocycles. The summed E-state index contributed by atoms with van der Waals surface area (Å²) in [5, 5.41) is 8.90. The first-order chi connectivity index (χ1) is 29.1. The molecule has 348 valence electrons. The lowest BCUT2D eigenvalue weighted by Gasteiger charge is -2.20. The lowest BCUT2D eigenvalue weighted by atomic mass is 10.0. The Kier molecular flexibility index (Phi) is 41.3. The van der Waals surface area contributed by atoms with Crippen LogP contribution >= 0.6 is 7.82 Å². The van der Waals surface area contributed by atoms with Crippen molar-refractivity contribution in [2.45, 2.75) is 219 Å². The molecule has 0 amide bonds. The summed E-state index contributed by atoms with van der Waals surface area (Å²) < 4.78 is 32.7. The fourth-order valence-electron chi connectivity index (χ4n) is 6.35.